The number of sulfonamides is 1. The molecule has 0 aliphatic heterocycles. The van der Waals surface area contributed by atoms with Crippen molar-refractivity contribution < 1.29 is 13.3 Å². The Hall–Kier alpha value is -1.22. The Balaban J connectivity index is 3.12. The van der Waals surface area contributed by atoms with Crippen molar-refractivity contribution in [2.75, 3.05) is 6.54 Å². The lowest BCUT2D eigenvalue weighted by Gasteiger charge is -2.15. The fourth-order valence-corrected chi connectivity index (χ4v) is 3.27. The van der Waals surface area contributed by atoms with E-state index in [2.05, 4.69) is 4.72 Å². The molecule has 0 amide bonds. The highest BCUT2D eigenvalue weighted by molar-refractivity contribution is 7.89. The Morgan fingerprint density at radius 3 is 2.58 bits per heavy atom. The molecule has 0 saturated carbocycles. The van der Waals surface area contributed by atoms with Gasteiger partial charge in [0.05, 0.1) is 9.95 Å². The molecule has 0 radical (unpaired) electrons. The number of benzene rings is 1. The van der Waals surface area contributed by atoms with E-state index >= 15 is 0 Å². The van der Waals surface area contributed by atoms with Crippen LogP contribution in [0.4, 0.5) is 5.69 Å². The van der Waals surface area contributed by atoms with Crippen LogP contribution in [0, 0.1) is 10.1 Å². The highest BCUT2D eigenvalue weighted by atomic mass is 35.5. The van der Waals surface area contributed by atoms with Crippen molar-refractivity contribution in [3.8, 4) is 0 Å². The van der Waals surface area contributed by atoms with Gasteiger partial charge < -0.3 is 5.73 Å². The lowest BCUT2D eigenvalue weighted by molar-refractivity contribution is -0.384. The molecule has 1 atom stereocenters. The van der Waals surface area contributed by atoms with Crippen LogP contribution in [0.25, 0.3) is 0 Å². The lowest BCUT2D eigenvalue weighted by atomic mass is 10.2. The van der Waals surface area contributed by atoms with Crippen LogP contribution in [0.1, 0.15) is 13.3 Å². The van der Waals surface area contributed by atoms with Gasteiger partial charge >= 0.3 is 0 Å². The van der Waals surface area contributed by atoms with Gasteiger partial charge in [0, 0.05) is 24.7 Å². The second-order valence-electron chi connectivity index (χ2n) is 3.83. The third kappa shape index (κ3) is 3.87. The topological polar surface area (TPSA) is 115 Å². The minimum absolute atomic E-state index is 0.153. The largest absolute Gasteiger partial charge is 0.329 e. The van der Waals surface area contributed by atoms with Gasteiger partial charge in [0.2, 0.25) is 10.0 Å². The Labute approximate surface area is 115 Å². The number of nitro groups is 1. The summed E-state index contributed by atoms with van der Waals surface area (Å²) in [6, 6.07) is 2.78. The number of non-ortho nitro benzene ring substituents is 1. The van der Waals surface area contributed by atoms with Crippen molar-refractivity contribution in [3.63, 3.8) is 0 Å². The highest BCUT2D eigenvalue weighted by Gasteiger charge is 2.22. The normalized spacial score (nSPS) is 13.2. The first-order chi connectivity index (χ1) is 8.81. The summed E-state index contributed by atoms with van der Waals surface area (Å²) in [5.74, 6) is 0. The van der Waals surface area contributed by atoms with E-state index in [1.165, 1.54) is 0 Å². The van der Waals surface area contributed by atoms with Crippen molar-refractivity contribution in [1.82, 2.24) is 4.72 Å². The van der Waals surface area contributed by atoms with Crippen LogP contribution in [-0.2, 0) is 10.0 Å². The molecule has 0 spiro atoms. The highest BCUT2D eigenvalue weighted by Crippen LogP contribution is 2.26. The zero-order chi connectivity index (χ0) is 14.6. The number of nitrogens with two attached hydrogens (primary N) is 1. The minimum atomic E-state index is -3.84. The summed E-state index contributed by atoms with van der Waals surface area (Å²) < 4.78 is 26.5. The van der Waals surface area contributed by atoms with E-state index in [0.29, 0.717) is 6.42 Å². The fourth-order valence-electron chi connectivity index (χ4n) is 1.40. The molecule has 0 heterocycles. The predicted octanol–water partition coefficient (Wildman–Crippen LogP) is 1.26. The van der Waals surface area contributed by atoms with E-state index in [4.69, 9.17) is 17.3 Å². The van der Waals surface area contributed by atoms with Gasteiger partial charge in [0.15, 0.2) is 0 Å². The summed E-state index contributed by atoms with van der Waals surface area (Å²) >= 11 is 5.77. The molecule has 7 nitrogen and oxygen atoms in total. The first-order valence-corrected chi connectivity index (χ1v) is 7.34. The van der Waals surface area contributed by atoms with Crippen LogP contribution in [-0.4, -0.2) is 25.9 Å². The summed E-state index contributed by atoms with van der Waals surface area (Å²) in [6.07, 6.45) is 0.528. The molecular formula is C10H14ClN3O4S. The third-order valence-electron chi connectivity index (χ3n) is 2.51. The Kier molecular flexibility index (Phi) is 5.24. The quantitative estimate of drug-likeness (QED) is 0.606. The standard InChI is InChI=1S/C10H14ClN3O4S/c1-2-7(6-12)13-19(17,18)10-4-3-8(14(15)16)5-9(10)11/h3-5,7,13H,2,6,12H2,1H3. The maximum atomic E-state index is 12.0. The molecule has 0 aliphatic rings. The second kappa shape index (κ2) is 6.29. The number of nitrogens with zero attached hydrogens (tertiary/aromatic N) is 1. The Morgan fingerprint density at radius 1 is 1.53 bits per heavy atom. The van der Waals surface area contributed by atoms with Crippen LogP contribution >= 0.6 is 11.6 Å². The summed E-state index contributed by atoms with van der Waals surface area (Å²) in [5.41, 5.74) is 5.15. The molecule has 0 saturated heterocycles. The molecule has 0 aliphatic carbocycles. The molecule has 1 rings (SSSR count). The summed E-state index contributed by atoms with van der Waals surface area (Å²) in [4.78, 5) is 9.70. The van der Waals surface area contributed by atoms with Crippen LogP contribution in [0.3, 0.4) is 0 Å². The van der Waals surface area contributed by atoms with Crippen LogP contribution < -0.4 is 10.5 Å². The van der Waals surface area contributed by atoms with Crippen LogP contribution in [0.15, 0.2) is 23.1 Å². The number of rotatable bonds is 6. The van der Waals surface area contributed by atoms with Gasteiger partial charge in [-0.1, -0.05) is 18.5 Å². The van der Waals surface area contributed by atoms with Gasteiger partial charge in [0.1, 0.15) is 4.90 Å². The molecule has 0 bridgehead atoms. The maximum absolute atomic E-state index is 12.0. The van der Waals surface area contributed by atoms with E-state index in [-0.39, 0.29) is 22.2 Å². The van der Waals surface area contributed by atoms with Gasteiger partial charge in [-0.15, -0.1) is 0 Å². The molecule has 0 fully saturated rings. The van der Waals surface area contributed by atoms with Gasteiger partial charge in [-0.05, 0) is 12.5 Å². The van der Waals surface area contributed by atoms with E-state index in [1.807, 2.05) is 0 Å². The lowest BCUT2D eigenvalue weighted by Crippen LogP contribution is -2.39. The molecule has 3 N–H and O–H groups in total. The van der Waals surface area contributed by atoms with Gasteiger partial charge in [-0.3, -0.25) is 10.1 Å². The number of nitrogens with one attached hydrogen (secondary N) is 1. The zero-order valence-corrected chi connectivity index (χ0v) is 11.7. The molecule has 106 valence electrons. The van der Waals surface area contributed by atoms with Gasteiger partial charge in [-0.2, -0.15) is 0 Å². The SMILES string of the molecule is CCC(CN)NS(=O)(=O)c1ccc([N+](=O)[O-])cc1Cl. The van der Waals surface area contributed by atoms with Crippen molar-refractivity contribution >= 4 is 27.3 Å². The summed E-state index contributed by atoms with van der Waals surface area (Å²) in [5, 5.41) is 10.3. The van der Waals surface area contributed by atoms with E-state index in [0.717, 1.165) is 18.2 Å². The summed E-state index contributed by atoms with van der Waals surface area (Å²) in [6.45, 7) is 1.94. The average Bonchev–Trinajstić information content (AvgIpc) is 2.35. The number of hydrogen-bond donors (Lipinski definition) is 2. The molecule has 19 heavy (non-hydrogen) atoms. The molecule has 1 aromatic carbocycles. The van der Waals surface area contributed by atoms with Gasteiger partial charge in [-0.25, -0.2) is 13.1 Å². The van der Waals surface area contributed by atoms with E-state index in [1.54, 1.807) is 6.92 Å². The second-order valence-corrected chi connectivity index (χ2v) is 5.92. The third-order valence-corrected chi connectivity index (χ3v) is 4.52. The molecule has 0 aromatic heterocycles. The van der Waals surface area contributed by atoms with Crippen molar-refractivity contribution in [2.45, 2.75) is 24.3 Å². The zero-order valence-electron chi connectivity index (χ0n) is 10.2. The summed E-state index contributed by atoms with van der Waals surface area (Å²) in [7, 11) is -3.84. The van der Waals surface area contributed by atoms with Crippen LogP contribution in [0.5, 0.6) is 0 Å². The first-order valence-electron chi connectivity index (χ1n) is 5.48. The first kappa shape index (κ1) is 15.8. The van der Waals surface area contributed by atoms with Crippen molar-refractivity contribution in [1.29, 1.82) is 0 Å². The van der Waals surface area contributed by atoms with Crippen molar-refractivity contribution in [3.05, 3.63) is 33.3 Å². The Morgan fingerprint density at radius 2 is 2.16 bits per heavy atom. The molecule has 1 aromatic rings. The van der Waals surface area contributed by atoms with Crippen molar-refractivity contribution in [2.24, 2.45) is 5.73 Å². The predicted molar refractivity (Wildman–Crippen MR) is 71.6 cm³/mol. The molecule has 9 heteroatoms. The van der Waals surface area contributed by atoms with E-state index < -0.39 is 21.0 Å². The minimum Gasteiger partial charge on any atom is -0.329 e. The average molecular weight is 308 g/mol. The Bertz CT molecular complexity index is 572. The number of hydrogen-bond acceptors (Lipinski definition) is 5. The number of nitro benzene ring substituents is 1. The van der Waals surface area contributed by atoms with E-state index in [9.17, 15) is 18.5 Å². The van der Waals surface area contributed by atoms with Crippen LogP contribution in [0.2, 0.25) is 5.02 Å². The molecular weight excluding hydrogens is 294 g/mol. The smallest absolute Gasteiger partial charge is 0.271 e. The maximum Gasteiger partial charge on any atom is 0.271 e. The number of halogens is 1. The molecule has 1 unspecified atom stereocenters. The monoisotopic (exact) mass is 307 g/mol. The fraction of sp³-hybridized carbons (Fsp3) is 0.400. The van der Waals surface area contributed by atoms with Gasteiger partial charge in [0.25, 0.3) is 5.69 Å².